The SMILES string of the molecule is CC.C\C=C(OC)/C(NC1(CCO)CC1)=C(Nc1ccc(C)cc1F)\C(F)=C\F.OCCO. The van der Waals surface area contributed by atoms with E-state index in [9.17, 15) is 18.3 Å². The summed E-state index contributed by atoms with van der Waals surface area (Å²) in [6.07, 6.45) is 3.39. The molecule has 2 rings (SSSR count). The molecular formula is C24H37F3N2O4. The number of benzene rings is 1. The summed E-state index contributed by atoms with van der Waals surface area (Å²) in [6.45, 7) is 7.12. The van der Waals surface area contributed by atoms with Crippen molar-refractivity contribution < 1.29 is 33.2 Å². The third-order valence-corrected chi connectivity index (χ3v) is 4.63. The molecular weight excluding hydrogens is 437 g/mol. The van der Waals surface area contributed by atoms with Crippen LogP contribution in [0.2, 0.25) is 0 Å². The van der Waals surface area contributed by atoms with E-state index in [0.717, 1.165) is 12.8 Å². The normalized spacial score (nSPS) is 15.2. The van der Waals surface area contributed by atoms with Crippen molar-refractivity contribution in [2.75, 3.05) is 32.2 Å². The number of allylic oxidation sites excluding steroid dienone is 2. The lowest BCUT2D eigenvalue weighted by Crippen LogP contribution is -2.34. The first-order valence-corrected chi connectivity index (χ1v) is 10.9. The molecule has 1 aliphatic rings. The second-order valence-corrected chi connectivity index (χ2v) is 7.00. The number of aliphatic hydroxyl groups is 3. The zero-order valence-electron chi connectivity index (χ0n) is 20.0. The smallest absolute Gasteiger partial charge is 0.177 e. The molecule has 1 aromatic rings. The van der Waals surface area contributed by atoms with Crippen molar-refractivity contribution in [3.05, 3.63) is 65.0 Å². The van der Waals surface area contributed by atoms with E-state index in [-0.39, 0.29) is 49.0 Å². The van der Waals surface area contributed by atoms with Gasteiger partial charge in [-0.2, -0.15) is 0 Å². The zero-order valence-corrected chi connectivity index (χ0v) is 20.0. The van der Waals surface area contributed by atoms with Crippen LogP contribution in [0.5, 0.6) is 0 Å². The predicted octanol–water partition coefficient (Wildman–Crippen LogP) is 4.59. The van der Waals surface area contributed by atoms with Gasteiger partial charge in [0.1, 0.15) is 29.3 Å². The first-order chi connectivity index (χ1) is 15.8. The number of ether oxygens (including phenoxy) is 1. The van der Waals surface area contributed by atoms with E-state index in [1.54, 1.807) is 26.0 Å². The fourth-order valence-corrected chi connectivity index (χ4v) is 2.83. The highest BCUT2D eigenvalue weighted by molar-refractivity contribution is 5.57. The molecule has 188 valence electrons. The number of anilines is 1. The van der Waals surface area contributed by atoms with Crippen molar-refractivity contribution in [3.8, 4) is 0 Å². The Hall–Kier alpha value is -2.49. The summed E-state index contributed by atoms with van der Waals surface area (Å²) < 4.78 is 47.1. The fourth-order valence-electron chi connectivity index (χ4n) is 2.83. The van der Waals surface area contributed by atoms with Crippen molar-refractivity contribution in [3.63, 3.8) is 0 Å². The number of rotatable bonds is 10. The van der Waals surface area contributed by atoms with Crippen molar-refractivity contribution in [2.45, 2.75) is 52.5 Å². The third-order valence-electron chi connectivity index (χ3n) is 4.63. The third kappa shape index (κ3) is 9.89. The number of nitrogens with one attached hydrogen (secondary N) is 2. The summed E-state index contributed by atoms with van der Waals surface area (Å²) in [6, 6.07) is 4.41. The van der Waals surface area contributed by atoms with Gasteiger partial charge in [0.25, 0.3) is 0 Å². The number of methoxy groups -OCH3 is 1. The summed E-state index contributed by atoms with van der Waals surface area (Å²) in [5.41, 5.74) is 0.170. The number of halogens is 3. The quantitative estimate of drug-likeness (QED) is 0.252. The van der Waals surface area contributed by atoms with Crippen molar-refractivity contribution in [1.82, 2.24) is 5.32 Å². The second-order valence-electron chi connectivity index (χ2n) is 7.00. The van der Waals surface area contributed by atoms with E-state index >= 15 is 0 Å². The predicted molar refractivity (Wildman–Crippen MR) is 125 cm³/mol. The maximum Gasteiger partial charge on any atom is 0.177 e. The molecule has 5 N–H and O–H groups in total. The van der Waals surface area contributed by atoms with Gasteiger partial charge in [0, 0.05) is 12.1 Å². The molecule has 9 heteroatoms. The van der Waals surface area contributed by atoms with Crippen LogP contribution in [0.15, 0.2) is 53.6 Å². The average Bonchev–Trinajstić information content (AvgIpc) is 3.59. The second kappa shape index (κ2) is 16.2. The van der Waals surface area contributed by atoms with Gasteiger partial charge in [-0.15, -0.1) is 0 Å². The molecule has 33 heavy (non-hydrogen) atoms. The summed E-state index contributed by atoms with van der Waals surface area (Å²) in [4.78, 5) is 0. The Morgan fingerprint density at radius 1 is 1.12 bits per heavy atom. The molecule has 0 radical (unpaired) electrons. The van der Waals surface area contributed by atoms with Crippen LogP contribution in [-0.4, -0.2) is 47.8 Å². The standard InChI is InChI=1S/C20H25F3N2O2.C2H6O2.C2H6/c1-4-17(27-3)19(25-20(7-8-20)9-10-26)18(15(23)12-21)24-16-6-5-13(2)11-14(16)22;3-1-2-4;1-2/h4-6,11-12,24-26H,7-10H2,1-3H3;3-4H,1-2H2;1-2H3/b15-12-,17-4+,19-18-;;. The molecule has 1 aromatic carbocycles. The maximum absolute atomic E-state index is 14.4. The van der Waals surface area contributed by atoms with Crippen molar-refractivity contribution >= 4 is 5.69 Å². The van der Waals surface area contributed by atoms with Gasteiger partial charge in [0.15, 0.2) is 5.83 Å². The van der Waals surface area contributed by atoms with Gasteiger partial charge in [-0.3, -0.25) is 0 Å². The van der Waals surface area contributed by atoms with Crippen LogP contribution >= 0.6 is 0 Å². The maximum atomic E-state index is 14.4. The van der Waals surface area contributed by atoms with Gasteiger partial charge in [-0.25, -0.2) is 13.2 Å². The molecule has 0 saturated heterocycles. The minimum Gasteiger partial charge on any atom is -0.495 e. The Bertz CT molecular complexity index is 805. The lowest BCUT2D eigenvalue weighted by molar-refractivity contribution is 0.186. The van der Waals surface area contributed by atoms with Crippen LogP contribution in [-0.2, 0) is 4.74 Å². The van der Waals surface area contributed by atoms with E-state index < -0.39 is 17.2 Å². The van der Waals surface area contributed by atoms with E-state index in [2.05, 4.69) is 10.6 Å². The van der Waals surface area contributed by atoms with E-state index in [1.165, 1.54) is 19.2 Å². The van der Waals surface area contributed by atoms with Gasteiger partial charge < -0.3 is 30.7 Å². The lowest BCUT2D eigenvalue weighted by Gasteiger charge is -2.25. The minimum absolute atomic E-state index is 0.00506. The van der Waals surface area contributed by atoms with Crippen LogP contribution in [0.3, 0.4) is 0 Å². The Morgan fingerprint density at radius 2 is 1.73 bits per heavy atom. The molecule has 1 aliphatic carbocycles. The summed E-state index contributed by atoms with van der Waals surface area (Å²) >= 11 is 0. The van der Waals surface area contributed by atoms with Gasteiger partial charge in [-0.1, -0.05) is 19.9 Å². The molecule has 0 spiro atoms. The van der Waals surface area contributed by atoms with E-state index in [0.29, 0.717) is 12.0 Å². The molecule has 0 unspecified atom stereocenters. The van der Waals surface area contributed by atoms with E-state index in [4.69, 9.17) is 14.9 Å². The van der Waals surface area contributed by atoms with Crippen molar-refractivity contribution in [1.29, 1.82) is 0 Å². The van der Waals surface area contributed by atoms with Crippen molar-refractivity contribution in [2.24, 2.45) is 0 Å². The Kier molecular flexibility index (Phi) is 15.0. The minimum atomic E-state index is -1.20. The summed E-state index contributed by atoms with van der Waals surface area (Å²) in [5, 5.41) is 30.3. The molecule has 0 heterocycles. The lowest BCUT2D eigenvalue weighted by atomic mass is 10.1. The molecule has 0 aliphatic heterocycles. The highest BCUT2D eigenvalue weighted by atomic mass is 19.2. The first kappa shape index (κ1) is 30.5. The number of hydrogen-bond donors (Lipinski definition) is 5. The summed E-state index contributed by atoms with van der Waals surface area (Å²) in [7, 11) is 1.41. The van der Waals surface area contributed by atoms with Gasteiger partial charge in [0.05, 0.1) is 26.0 Å². The first-order valence-electron chi connectivity index (χ1n) is 10.9. The van der Waals surface area contributed by atoms with E-state index in [1.807, 2.05) is 13.8 Å². The average molecular weight is 475 g/mol. The summed E-state index contributed by atoms with van der Waals surface area (Å²) in [5.74, 6) is -1.52. The van der Waals surface area contributed by atoms with Gasteiger partial charge in [-0.05, 0) is 56.9 Å². The molecule has 0 amide bonds. The molecule has 0 aromatic heterocycles. The molecule has 6 nitrogen and oxygen atoms in total. The zero-order chi connectivity index (χ0) is 25.4. The van der Waals surface area contributed by atoms with Crippen LogP contribution in [0, 0.1) is 12.7 Å². The largest absolute Gasteiger partial charge is 0.495 e. The molecule has 1 saturated carbocycles. The fraction of sp³-hybridized carbons (Fsp3) is 0.500. The van der Waals surface area contributed by atoms with Crippen LogP contribution in [0.1, 0.15) is 45.6 Å². The van der Waals surface area contributed by atoms with Crippen LogP contribution in [0.4, 0.5) is 18.9 Å². The number of hydrogen-bond acceptors (Lipinski definition) is 6. The van der Waals surface area contributed by atoms with Gasteiger partial charge >= 0.3 is 0 Å². The monoisotopic (exact) mass is 474 g/mol. The Labute approximate surface area is 194 Å². The van der Waals surface area contributed by atoms with Crippen LogP contribution < -0.4 is 10.6 Å². The number of aryl methyl sites for hydroxylation is 1. The molecule has 0 bridgehead atoms. The highest BCUT2D eigenvalue weighted by Gasteiger charge is 2.43. The van der Waals surface area contributed by atoms with Crippen LogP contribution in [0.25, 0.3) is 0 Å². The highest BCUT2D eigenvalue weighted by Crippen LogP contribution is 2.41. The topological polar surface area (TPSA) is 94.0 Å². The molecule has 1 fully saturated rings. The number of aliphatic hydroxyl groups excluding tert-OH is 3. The molecule has 0 atom stereocenters. The Morgan fingerprint density at radius 3 is 2.12 bits per heavy atom. The Balaban J connectivity index is 0.00000154. The van der Waals surface area contributed by atoms with Gasteiger partial charge in [0.2, 0.25) is 0 Å².